The van der Waals surface area contributed by atoms with Gasteiger partial charge in [-0.15, -0.1) is 0 Å². The Hall–Kier alpha value is -1.84. The molecule has 1 heterocycles. The summed E-state index contributed by atoms with van der Waals surface area (Å²) in [5.74, 6) is -0.822. The minimum atomic E-state index is -0.498. The van der Waals surface area contributed by atoms with E-state index in [1.807, 2.05) is 0 Å². The summed E-state index contributed by atoms with van der Waals surface area (Å²) >= 11 is 0. The van der Waals surface area contributed by atoms with E-state index in [0.717, 1.165) is 0 Å². The van der Waals surface area contributed by atoms with Crippen molar-refractivity contribution < 1.29 is 9.18 Å². The number of nitrogens with two attached hydrogens (primary N) is 1. The second-order valence-corrected chi connectivity index (χ2v) is 3.18. The number of benzene rings is 1. The van der Waals surface area contributed by atoms with E-state index in [-0.39, 0.29) is 5.82 Å². The first-order valence-electron chi connectivity index (χ1n) is 4.14. The van der Waals surface area contributed by atoms with E-state index in [9.17, 15) is 9.18 Å². The van der Waals surface area contributed by atoms with Gasteiger partial charge in [0.1, 0.15) is 5.82 Å². The van der Waals surface area contributed by atoms with Gasteiger partial charge in [-0.25, -0.2) is 4.39 Å². The summed E-state index contributed by atoms with van der Waals surface area (Å²) in [4.78, 5) is 11.0. The molecule has 1 aromatic heterocycles. The van der Waals surface area contributed by atoms with E-state index in [1.165, 1.54) is 12.1 Å². The maximum absolute atomic E-state index is 12.9. The molecular weight excluding hydrogens is 183 g/mol. The second-order valence-electron chi connectivity index (χ2n) is 3.18. The number of aromatic nitrogens is 1. The van der Waals surface area contributed by atoms with Gasteiger partial charge in [0.25, 0.3) is 5.91 Å². The number of halogens is 1. The molecule has 0 aliphatic heterocycles. The van der Waals surface area contributed by atoms with Crippen molar-refractivity contribution in [2.24, 2.45) is 12.8 Å². The number of nitrogens with zero attached hydrogens (tertiary/aromatic N) is 1. The molecule has 0 fully saturated rings. The Labute approximate surface area is 79.9 Å². The van der Waals surface area contributed by atoms with Gasteiger partial charge in [0.05, 0.1) is 11.1 Å². The van der Waals surface area contributed by atoms with Gasteiger partial charge in [-0.1, -0.05) is 0 Å². The molecule has 0 aliphatic rings. The van der Waals surface area contributed by atoms with Crippen LogP contribution in [0.25, 0.3) is 10.9 Å². The number of rotatable bonds is 1. The van der Waals surface area contributed by atoms with E-state index < -0.39 is 5.91 Å². The van der Waals surface area contributed by atoms with Gasteiger partial charge < -0.3 is 10.3 Å². The highest BCUT2D eigenvalue weighted by Gasteiger charge is 2.10. The first kappa shape index (κ1) is 8.74. The minimum absolute atomic E-state index is 0.324. The SMILES string of the molecule is Cn1cc(C(N)=O)c2ccc(F)cc21. The Morgan fingerprint density at radius 2 is 2.21 bits per heavy atom. The molecule has 0 spiro atoms. The topological polar surface area (TPSA) is 48.0 Å². The average molecular weight is 192 g/mol. The number of fused-ring (bicyclic) bond motifs is 1. The Morgan fingerprint density at radius 3 is 2.86 bits per heavy atom. The predicted molar refractivity (Wildman–Crippen MR) is 51.4 cm³/mol. The number of carbonyl (C=O) groups excluding carboxylic acids is 1. The largest absolute Gasteiger partial charge is 0.366 e. The highest BCUT2D eigenvalue weighted by molar-refractivity contribution is 6.06. The van der Waals surface area contributed by atoms with Gasteiger partial charge in [-0.2, -0.15) is 0 Å². The van der Waals surface area contributed by atoms with Crippen LogP contribution in [0.3, 0.4) is 0 Å². The van der Waals surface area contributed by atoms with Crippen molar-refractivity contribution in [3.05, 3.63) is 35.8 Å². The summed E-state index contributed by atoms with van der Waals surface area (Å²) in [5, 5.41) is 0.682. The van der Waals surface area contributed by atoms with Gasteiger partial charge >= 0.3 is 0 Å². The average Bonchev–Trinajstić information content (AvgIpc) is 2.44. The van der Waals surface area contributed by atoms with E-state index >= 15 is 0 Å². The van der Waals surface area contributed by atoms with Crippen LogP contribution in [0, 0.1) is 5.82 Å². The molecule has 0 saturated heterocycles. The maximum Gasteiger partial charge on any atom is 0.250 e. The zero-order valence-corrected chi connectivity index (χ0v) is 7.62. The Balaban J connectivity index is 2.84. The third-order valence-corrected chi connectivity index (χ3v) is 2.22. The number of hydrogen-bond acceptors (Lipinski definition) is 1. The summed E-state index contributed by atoms with van der Waals surface area (Å²) in [6.07, 6.45) is 1.60. The molecule has 0 atom stereocenters. The lowest BCUT2D eigenvalue weighted by atomic mass is 10.1. The highest BCUT2D eigenvalue weighted by atomic mass is 19.1. The van der Waals surface area contributed by atoms with Gasteiger partial charge in [0, 0.05) is 18.6 Å². The normalized spacial score (nSPS) is 10.7. The van der Waals surface area contributed by atoms with Gasteiger partial charge in [-0.05, 0) is 18.2 Å². The van der Waals surface area contributed by atoms with Gasteiger partial charge in [0.15, 0.2) is 0 Å². The van der Waals surface area contributed by atoms with Crippen LogP contribution < -0.4 is 5.73 Å². The smallest absolute Gasteiger partial charge is 0.250 e. The number of hydrogen-bond donors (Lipinski definition) is 1. The molecule has 0 bridgehead atoms. The second kappa shape index (κ2) is 2.83. The Morgan fingerprint density at radius 1 is 1.50 bits per heavy atom. The van der Waals surface area contributed by atoms with Crippen molar-refractivity contribution in [1.29, 1.82) is 0 Å². The molecule has 2 aromatic rings. The van der Waals surface area contributed by atoms with Crippen molar-refractivity contribution in [2.75, 3.05) is 0 Å². The molecule has 0 saturated carbocycles. The summed E-state index contributed by atoms with van der Waals surface area (Å²) in [6.45, 7) is 0. The van der Waals surface area contributed by atoms with Crippen LogP contribution in [0.4, 0.5) is 4.39 Å². The standard InChI is InChI=1S/C10H9FN2O/c1-13-5-8(10(12)14)7-3-2-6(11)4-9(7)13/h2-5H,1H3,(H2,12,14). The van der Waals surface area contributed by atoms with Crippen molar-refractivity contribution >= 4 is 16.8 Å². The van der Waals surface area contributed by atoms with Crippen LogP contribution in [-0.2, 0) is 7.05 Å². The van der Waals surface area contributed by atoms with Crippen LogP contribution in [0.1, 0.15) is 10.4 Å². The molecule has 1 aromatic carbocycles. The molecule has 0 unspecified atom stereocenters. The molecular formula is C10H9FN2O. The predicted octanol–water partition coefficient (Wildman–Crippen LogP) is 1.42. The van der Waals surface area contributed by atoms with Crippen LogP contribution in [-0.4, -0.2) is 10.5 Å². The maximum atomic E-state index is 12.9. The zero-order valence-electron chi connectivity index (χ0n) is 7.62. The molecule has 2 N–H and O–H groups in total. The monoisotopic (exact) mass is 192 g/mol. The first-order chi connectivity index (χ1) is 6.59. The molecule has 72 valence electrons. The highest BCUT2D eigenvalue weighted by Crippen LogP contribution is 2.20. The lowest BCUT2D eigenvalue weighted by molar-refractivity contribution is 0.100. The van der Waals surface area contributed by atoms with Gasteiger partial charge in [0.2, 0.25) is 0 Å². The third-order valence-electron chi connectivity index (χ3n) is 2.22. The zero-order chi connectivity index (χ0) is 10.3. The van der Waals surface area contributed by atoms with Crippen LogP contribution in [0.15, 0.2) is 24.4 Å². The quantitative estimate of drug-likeness (QED) is 0.729. The number of aryl methyl sites for hydroxylation is 1. The molecule has 0 radical (unpaired) electrons. The minimum Gasteiger partial charge on any atom is -0.366 e. The van der Waals surface area contributed by atoms with E-state index in [2.05, 4.69) is 0 Å². The molecule has 3 nitrogen and oxygen atoms in total. The van der Waals surface area contributed by atoms with Crippen molar-refractivity contribution in [1.82, 2.24) is 4.57 Å². The summed E-state index contributed by atoms with van der Waals surface area (Å²) < 4.78 is 14.6. The van der Waals surface area contributed by atoms with E-state index in [0.29, 0.717) is 16.5 Å². The van der Waals surface area contributed by atoms with Crippen LogP contribution in [0.2, 0.25) is 0 Å². The Bertz CT molecular complexity index is 516. The lowest BCUT2D eigenvalue weighted by Crippen LogP contribution is -2.09. The Kier molecular flexibility index (Phi) is 1.77. The fourth-order valence-electron chi connectivity index (χ4n) is 1.55. The summed E-state index contributed by atoms with van der Waals surface area (Å²) in [7, 11) is 1.74. The van der Waals surface area contributed by atoms with Crippen molar-refractivity contribution in [3.63, 3.8) is 0 Å². The fraction of sp³-hybridized carbons (Fsp3) is 0.100. The number of primary amides is 1. The summed E-state index contributed by atoms with van der Waals surface area (Å²) in [6, 6.07) is 4.25. The third kappa shape index (κ3) is 1.16. The number of amides is 1. The van der Waals surface area contributed by atoms with Crippen LogP contribution >= 0.6 is 0 Å². The molecule has 14 heavy (non-hydrogen) atoms. The molecule has 0 aliphatic carbocycles. The number of carbonyl (C=O) groups is 1. The molecule has 2 rings (SSSR count). The lowest BCUT2D eigenvalue weighted by Gasteiger charge is -1.95. The summed E-state index contributed by atoms with van der Waals surface area (Å²) in [5.41, 5.74) is 6.27. The van der Waals surface area contributed by atoms with E-state index in [1.54, 1.807) is 23.9 Å². The van der Waals surface area contributed by atoms with Crippen LogP contribution in [0.5, 0.6) is 0 Å². The van der Waals surface area contributed by atoms with E-state index in [4.69, 9.17) is 5.73 Å². The molecule has 1 amide bonds. The van der Waals surface area contributed by atoms with Crippen molar-refractivity contribution in [2.45, 2.75) is 0 Å². The first-order valence-corrected chi connectivity index (χ1v) is 4.14. The van der Waals surface area contributed by atoms with Crippen molar-refractivity contribution in [3.8, 4) is 0 Å². The molecule has 4 heteroatoms. The van der Waals surface area contributed by atoms with Gasteiger partial charge in [-0.3, -0.25) is 4.79 Å². The fourth-order valence-corrected chi connectivity index (χ4v) is 1.55.